The molecule has 19 heavy (non-hydrogen) atoms. The fourth-order valence-electron chi connectivity index (χ4n) is 1.90. The number of rotatable bonds is 3. The van der Waals surface area contributed by atoms with Crippen LogP contribution in [-0.4, -0.2) is 22.8 Å². The monoisotopic (exact) mass is 292 g/mol. The Bertz CT molecular complexity index is 592. The molecular formula is C12H12ClF3N2O. The van der Waals surface area contributed by atoms with E-state index in [4.69, 9.17) is 16.3 Å². The van der Waals surface area contributed by atoms with Crippen LogP contribution in [0, 0.1) is 0 Å². The normalized spacial score (nSPS) is 13.8. The van der Waals surface area contributed by atoms with Crippen LogP contribution in [0.15, 0.2) is 18.2 Å². The molecule has 0 fully saturated rings. The first-order valence-electron chi connectivity index (χ1n) is 5.57. The first-order valence-corrected chi connectivity index (χ1v) is 6.00. The minimum absolute atomic E-state index is 0.197. The number of fused-ring (bicyclic) bond motifs is 1. The maximum Gasteiger partial charge on any atom is 0.406 e. The van der Waals surface area contributed by atoms with Crippen molar-refractivity contribution in [3.05, 3.63) is 24.0 Å². The topological polar surface area (TPSA) is 27.1 Å². The van der Waals surface area contributed by atoms with Crippen LogP contribution in [0.3, 0.4) is 0 Å². The number of halogens is 4. The molecule has 0 radical (unpaired) electrons. The molecule has 0 aliphatic carbocycles. The van der Waals surface area contributed by atoms with Crippen molar-refractivity contribution in [1.29, 1.82) is 0 Å². The van der Waals surface area contributed by atoms with Gasteiger partial charge in [-0.05, 0) is 19.1 Å². The molecule has 3 nitrogen and oxygen atoms in total. The summed E-state index contributed by atoms with van der Waals surface area (Å²) in [5.74, 6) is 0.736. The average molecular weight is 293 g/mol. The lowest BCUT2D eigenvalue weighted by atomic mass is 10.3. The minimum Gasteiger partial charge on any atom is -0.497 e. The molecule has 0 saturated heterocycles. The summed E-state index contributed by atoms with van der Waals surface area (Å²) >= 11 is 5.90. The van der Waals surface area contributed by atoms with Crippen LogP contribution in [0.2, 0.25) is 0 Å². The number of aromatic nitrogens is 2. The molecular weight excluding hydrogens is 281 g/mol. The number of hydrogen-bond donors (Lipinski definition) is 0. The van der Waals surface area contributed by atoms with E-state index in [0.29, 0.717) is 16.8 Å². The van der Waals surface area contributed by atoms with Crippen LogP contribution in [0.1, 0.15) is 18.1 Å². The largest absolute Gasteiger partial charge is 0.497 e. The molecule has 1 aromatic carbocycles. The number of imidazole rings is 1. The van der Waals surface area contributed by atoms with Crippen LogP contribution in [0.5, 0.6) is 5.75 Å². The Labute approximate surface area is 112 Å². The highest BCUT2D eigenvalue weighted by molar-refractivity contribution is 6.20. The first kappa shape index (κ1) is 14.0. The number of ether oxygens (including phenoxy) is 1. The summed E-state index contributed by atoms with van der Waals surface area (Å²) in [6.07, 6.45) is -4.33. The van der Waals surface area contributed by atoms with Gasteiger partial charge < -0.3 is 9.30 Å². The molecule has 0 bridgehead atoms. The molecule has 1 atom stereocenters. The zero-order chi connectivity index (χ0) is 14.2. The van der Waals surface area contributed by atoms with E-state index in [-0.39, 0.29) is 5.82 Å². The van der Waals surface area contributed by atoms with Crippen LogP contribution in [-0.2, 0) is 6.54 Å². The predicted octanol–water partition coefficient (Wildman–Crippen LogP) is 3.91. The molecule has 1 heterocycles. The lowest BCUT2D eigenvalue weighted by Crippen LogP contribution is -2.19. The summed E-state index contributed by atoms with van der Waals surface area (Å²) < 4.78 is 44.0. The van der Waals surface area contributed by atoms with Gasteiger partial charge in [0.25, 0.3) is 0 Å². The predicted molar refractivity (Wildman–Crippen MR) is 66.6 cm³/mol. The van der Waals surface area contributed by atoms with E-state index >= 15 is 0 Å². The molecule has 104 valence electrons. The minimum atomic E-state index is -4.33. The molecule has 1 aromatic heterocycles. The molecule has 2 aromatic rings. The van der Waals surface area contributed by atoms with Gasteiger partial charge in [-0.1, -0.05) is 0 Å². The third-order valence-corrected chi connectivity index (χ3v) is 2.87. The number of benzene rings is 1. The van der Waals surface area contributed by atoms with E-state index in [1.165, 1.54) is 7.11 Å². The van der Waals surface area contributed by atoms with Crippen LogP contribution in [0.4, 0.5) is 13.2 Å². The van der Waals surface area contributed by atoms with Gasteiger partial charge in [0.05, 0.1) is 23.5 Å². The van der Waals surface area contributed by atoms with Gasteiger partial charge in [0.15, 0.2) is 0 Å². The highest BCUT2D eigenvalue weighted by atomic mass is 35.5. The van der Waals surface area contributed by atoms with Crippen molar-refractivity contribution in [2.75, 3.05) is 7.11 Å². The maximum absolute atomic E-state index is 12.6. The number of methoxy groups -OCH3 is 1. The van der Waals surface area contributed by atoms with E-state index in [9.17, 15) is 13.2 Å². The molecule has 0 N–H and O–H groups in total. The SMILES string of the molecule is COc1ccc2c(c1)nc(C(C)Cl)n2CC(F)(F)F. The zero-order valence-corrected chi connectivity index (χ0v) is 11.1. The lowest BCUT2D eigenvalue weighted by Gasteiger charge is -2.12. The second-order valence-corrected chi connectivity index (χ2v) is 4.80. The quantitative estimate of drug-likeness (QED) is 0.802. The van der Waals surface area contributed by atoms with Crippen molar-refractivity contribution in [3.63, 3.8) is 0 Å². The number of hydrogen-bond acceptors (Lipinski definition) is 2. The van der Waals surface area contributed by atoms with Crippen molar-refractivity contribution in [3.8, 4) is 5.75 Å². The molecule has 0 aliphatic heterocycles. The first-order chi connectivity index (χ1) is 8.81. The third-order valence-electron chi connectivity index (χ3n) is 2.68. The van der Waals surface area contributed by atoms with E-state index < -0.39 is 18.1 Å². The summed E-state index contributed by atoms with van der Waals surface area (Å²) in [6.45, 7) is 0.481. The van der Waals surface area contributed by atoms with Gasteiger partial charge >= 0.3 is 6.18 Å². The third kappa shape index (κ3) is 2.94. The molecule has 0 amide bonds. The van der Waals surface area contributed by atoms with Crippen molar-refractivity contribution in [2.45, 2.75) is 25.0 Å². The van der Waals surface area contributed by atoms with Gasteiger partial charge in [0, 0.05) is 6.07 Å². The molecule has 0 saturated carbocycles. The Morgan fingerprint density at radius 3 is 2.63 bits per heavy atom. The Balaban J connectivity index is 2.60. The Hall–Kier alpha value is -1.43. The van der Waals surface area contributed by atoms with Gasteiger partial charge in [-0.25, -0.2) is 4.98 Å². The number of nitrogens with zero attached hydrogens (tertiary/aromatic N) is 2. The van der Waals surface area contributed by atoms with Crippen molar-refractivity contribution >= 4 is 22.6 Å². The van der Waals surface area contributed by atoms with E-state index in [2.05, 4.69) is 4.98 Å². The van der Waals surface area contributed by atoms with Crippen LogP contribution in [0.25, 0.3) is 11.0 Å². The standard InChI is InChI=1S/C12H12ClF3N2O/c1-7(13)11-17-9-5-8(19-2)3-4-10(9)18(11)6-12(14,15)16/h3-5,7H,6H2,1-2H3. The second kappa shape index (κ2) is 4.92. The fraction of sp³-hybridized carbons (Fsp3) is 0.417. The van der Waals surface area contributed by atoms with Crippen LogP contribution >= 0.6 is 11.6 Å². The Kier molecular flexibility index (Phi) is 3.62. The van der Waals surface area contributed by atoms with E-state index in [0.717, 1.165) is 4.57 Å². The lowest BCUT2D eigenvalue weighted by molar-refractivity contribution is -0.140. The Morgan fingerprint density at radius 1 is 1.42 bits per heavy atom. The summed E-state index contributed by atoms with van der Waals surface area (Å²) in [5, 5.41) is -0.610. The van der Waals surface area contributed by atoms with Gasteiger partial charge in [-0.3, -0.25) is 0 Å². The summed E-state index contributed by atoms with van der Waals surface area (Å²) in [5.41, 5.74) is 0.826. The van der Waals surface area contributed by atoms with Gasteiger partial charge in [0.1, 0.15) is 18.1 Å². The summed E-state index contributed by atoms with van der Waals surface area (Å²) in [6, 6.07) is 4.74. The van der Waals surface area contributed by atoms with E-state index in [1.54, 1.807) is 25.1 Å². The highest BCUT2D eigenvalue weighted by Gasteiger charge is 2.31. The highest BCUT2D eigenvalue weighted by Crippen LogP contribution is 2.30. The smallest absolute Gasteiger partial charge is 0.406 e. The fourth-order valence-corrected chi connectivity index (χ4v) is 2.07. The number of alkyl halides is 4. The van der Waals surface area contributed by atoms with Crippen molar-refractivity contribution < 1.29 is 17.9 Å². The summed E-state index contributed by atoms with van der Waals surface area (Å²) in [4.78, 5) is 4.16. The summed E-state index contributed by atoms with van der Waals surface area (Å²) in [7, 11) is 1.49. The van der Waals surface area contributed by atoms with E-state index in [1.807, 2.05) is 0 Å². The maximum atomic E-state index is 12.6. The molecule has 0 aliphatic rings. The van der Waals surface area contributed by atoms with Crippen molar-refractivity contribution in [2.24, 2.45) is 0 Å². The van der Waals surface area contributed by atoms with Gasteiger partial charge in [0.2, 0.25) is 0 Å². The molecule has 1 unspecified atom stereocenters. The molecule has 0 spiro atoms. The van der Waals surface area contributed by atoms with Gasteiger partial charge in [-0.2, -0.15) is 13.2 Å². The van der Waals surface area contributed by atoms with Crippen molar-refractivity contribution in [1.82, 2.24) is 9.55 Å². The average Bonchev–Trinajstić information content (AvgIpc) is 2.65. The second-order valence-electron chi connectivity index (χ2n) is 4.14. The van der Waals surface area contributed by atoms with Crippen LogP contribution < -0.4 is 4.74 Å². The molecule has 7 heteroatoms. The Morgan fingerprint density at radius 2 is 2.11 bits per heavy atom. The van der Waals surface area contributed by atoms with Gasteiger partial charge in [-0.15, -0.1) is 11.6 Å². The zero-order valence-electron chi connectivity index (χ0n) is 10.3. The molecule has 2 rings (SSSR count).